The summed E-state index contributed by atoms with van der Waals surface area (Å²) in [5, 5.41) is 4.25. The van der Waals surface area contributed by atoms with Crippen LogP contribution in [0.4, 0.5) is 0 Å². The summed E-state index contributed by atoms with van der Waals surface area (Å²) >= 11 is 5.98. The van der Waals surface area contributed by atoms with Crippen molar-refractivity contribution < 1.29 is 0 Å². The third-order valence-corrected chi connectivity index (χ3v) is 4.31. The molecule has 2 heterocycles. The van der Waals surface area contributed by atoms with Gasteiger partial charge in [0, 0.05) is 12.2 Å². The molecule has 1 aliphatic carbocycles. The highest BCUT2D eigenvalue weighted by Crippen LogP contribution is 2.37. The van der Waals surface area contributed by atoms with Gasteiger partial charge in [0.1, 0.15) is 5.15 Å². The molecule has 2 unspecified atom stereocenters. The normalized spacial score (nSPS) is 27.8. The summed E-state index contributed by atoms with van der Waals surface area (Å²) in [5.41, 5.74) is 3.71. The van der Waals surface area contributed by atoms with Crippen LogP contribution in [0.15, 0.2) is 18.3 Å². The monoisotopic (exact) mass is 248 g/mol. The van der Waals surface area contributed by atoms with Crippen molar-refractivity contribution in [3.05, 3.63) is 34.6 Å². The van der Waals surface area contributed by atoms with Crippen LogP contribution >= 0.6 is 11.6 Å². The standard InChI is InChI=1S/C14H17ClN2/c1-9-7-11(8-17-14(9)15)12-5-4-10-3-2-6-16-13(10)12/h5,7-8,10,13,16H,2-4,6H2,1H3. The van der Waals surface area contributed by atoms with E-state index in [-0.39, 0.29) is 0 Å². The Morgan fingerprint density at radius 2 is 2.35 bits per heavy atom. The molecule has 1 aromatic rings. The molecular weight excluding hydrogens is 232 g/mol. The first-order valence-electron chi connectivity index (χ1n) is 6.31. The van der Waals surface area contributed by atoms with E-state index in [1.54, 1.807) is 0 Å². The molecule has 0 radical (unpaired) electrons. The molecule has 1 fully saturated rings. The van der Waals surface area contributed by atoms with Crippen molar-refractivity contribution in [3.8, 4) is 0 Å². The van der Waals surface area contributed by atoms with Crippen LogP contribution < -0.4 is 5.32 Å². The van der Waals surface area contributed by atoms with Gasteiger partial charge < -0.3 is 5.32 Å². The Hall–Kier alpha value is -0.860. The molecule has 1 N–H and O–H groups in total. The number of rotatable bonds is 1. The number of piperidine rings is 1. The molecule has 0 spiro atoms. The van der Waals surface area contributed by atoms with Gasteiger partial charge in [-0.3, -0.25) is 0 Å². The molecule has 3 rings (SSSR count). The van der Waals surface area contributed by atoms with Crippen LogP contribution in [-0.2, 0) is 0 Å². The van der Waals surface area contributed by atoms with E-state index in [4.69, 9.17) is 11.6 Å². The number of fused-ring (bicyclic) bond motifs is 1. The highest BCUT2D eigenvalue weighted by Gasteiger charge is 2.32. The van der Waals surface area contributed by atoms with E-state index in [0.717, 1.165) is 18.0 Å². The van der Waals surface area contributed by atoms with Gasteiger partial charge in [0.05, 0.1) is 0 Å². The summed E-state index contributed by atoms with van der Waals surface area (Å²) in [4.78, 5) is 4.26. The maximum absolute atomic E-state index is 5.98. The third kappa shape index (κ3) is 2.00. The minimum absolute atomic E-state index is 0.533. The summed E-state index contributed by atoms with van der Waals surface area (Å²) in [6.07, 6.45) is 8.13. The number of halogens is 1. The maximum Gasteiger partial charge on any atom is 0.131 e. The second-order valence-electron chi connectivity index (χ2n) is 5.06. The van der Waals surface area contributed by atoms with Crippen LogP contribution in [-0.4, -0.2) is 17.6 Å². The van der Waals surface area contributed by atoms with Gasteiger partial charge in [-0.05, 0) is 61.4 Å². The Bertz CT molecular complexity index is 467. The van der Waals surface area contributed by atoms with Crippen LogP contribution in [0.3, 0.4) is 0 Å². The van der Waals surface area contributed by atoms with E-state index in [9.17, 15) is 0 Å². The predicted octanol–water partition coefficient (Wildman–Crippen LogP) is 3.20. The van der Waals surface area contributed by atoms with Crippen molar-refractivity contribution in [2.24, 2.45) is 5.92 Å². The van der Waals surface area contributed by atoms with E-state index in [1.165, 1.54) is 30.4 Å². The zero-order valence-electron chi connectivity index (χ0n) is 10.0. The van der Waals surface area contributed by atoms with E-state index in [0.29, 0.717) is 11.2 Å². The Labute approximate surface area is 107 Å². The van der Waals surface area contributed by atoms with Crippen LogP contribution in [0.2, 0.25) is 5.15 Å². The van der Waals surface area contributed by atoms with Gasteiger partial charge in [0.25, 0.3) is 0 Å². The first-order valence-corrected chi connectivity index (χ1v) is 6.69. The van der Waals surface area contributed by atoms with Crippen LogP contribution in [0, 0.1) is 12.8 Å². The van der Waals surface area contributed by atoms with Gasteiger partial charge >= 0.3 is 0 Å². The zero-order chi connectivity index (χ0) is 11.8. The molecule has 2 aliphatic rings. The van der Waals surface area contributed by atoms with Gasteiger partial charge in [-0.15, -0.1) is 0 Å². The molecule has 1 aromatic heterocycles. The average Bonchev–Trinajstić information content (AvgIpc) is 2.76. The fourth-order valence-corrected chi connectivity index (χ4v) is 3.10. The molecule has 2 atom stereocenters. The second-order valence-corrected chi connectivity index (χ2v) is 5.42. The molecular formula is C14H17ClN2. The quantitative estimate of drug-likeness (QED) is 0.772. The number of hydrogen-bond acceptors (Lipinski definition) is 2. The van der Waals surface area contributed by atoms with Gasteiger partial charge in [-0.1, -0.05) is 17.7 Å². The first kappa shape index (κ1) is 11.2. The number of hydrogen-bond donors (Lipinski definition) is 1. The summed E-state index contributed by atoms with van der Waals surface area (Å²) < 4.78 is 0. The molecule has 3 heteroatoms. The van der Waals surface area contributed by atoms with Crippen molar-refractivity contribution in [1.82, 2.24) is 10.3 Å². The zero-order valence-corrected chi connectivity index (χ0v) is 10.8. The molecule has 1 aliphatic heterocycles. The number of aromatic nitrogens is 1. The summed E-state index contributed by atoms with van der Waals surface area (Å²) in [7, 11) is 0. The molecule has 0 bridgehead atoms. The summed E-state index contributed by atoms with van der Waals surface area (Å²) in [6.45, 7) is 3.15. The lowest BCUT2D eigenvalue weighted by molar-refractivity contribution is 0.346. The molecule has 90 valence electrons. The fraction of sp³-hybridized carbons (Fsp3) is 0.500. The Balaban J connectivity index is 1.91. The SMILES string of the molecule is Cc1cc(C2=CCC3CCCNC23)cnc1Cl. The van der Waals surface area contributed by atoms with Crippen molar-refractivity contribution in [2.75, 3.05) is 6.54 Å². The molecule has 2 nitrogen and oxygen atoms in total. The number of aryl methyl sites for hydroxylation is 1. The van der Waals surface area contributed by atoms with Crippen LogP contribution in [0.1, 0.15) is 30.4 Å². The van der Waals surface area contributed by atoms with E-state index in [1.807, 2.05) is 13.1 Å². The van der Waals surface area contributed by atoms with Gasteiger partial charge in [-0.25, -0.2) is 4.98 Å². The molecule has 17 heavy (non-hydrogen) atoms. The van der Waals surface area contributed by atoms with Crippen molar-refractivity contribution in [3.63, 3.8) is 0 Å². The smallest absolute Gasteiger partial charge is 0.131 e. The first-order chi connectivity index (χ1) is 8.25. The maximum atomic E-state index is 5.98. The van der Waals surface area contributed by atoms with E-state index < -0.39 is 0 Å². The van der Waals surface area contributed by atoms with Gasteiger partial charge in [0.15, 0.2) is 0 Å². The van der Waals surface area contributed by atoms with Crippen molar-refractivity contribution in [1.29, 1.82) is 0 Å². The fourth-order valence-electron chi connectivity index (χ4n) is 2.99. The number of allylic oxidation sites excluding steroid dienone is 1. The lowest BCUT2D eigenvalue weighted by Gasteiger charge is -2.29. The Morgan fingerprint density at radius 1 is 1.47 bits per heavy atom. The number of nitrogens with one attached hydrogen (secondary N) is 1. The van der Waals surface area contributed by atoms with Gasteiger partial charge in [-0.2, -0.15) is 0 Å². The van der Waals surface area contributed by atoms with Crippen molar-refractivity contribution >= 4 is 17.2 Å². The summed E-state index contributed by atoms with van der Waals surface area (Å²) in [6, 6.07) is 2.69. The van der Waals surface area contributed by atoms with E-state index >= 15 is 0 Å². The number of nitrogens with zero attached hydrogens (tertiary/aromatic N) is 1. The third-order valence-electron chi connectivity index (χ3n) is 3.91. The molecule has 0 aromatic carbocycles. The predicted molar refractivity (Wildman–Crippen MR) is 71.1 cm³/mol. The Morgan fingerprint density at radius 3 is 3.18 bits per heavy atom. The van der Waals surface area contributed by atoms with Gasteiger partial charge in [0.2, 0.25) is 0 Å². The largest absolute Gasteiger partial charge is 0.310 e. The average molecular weight is 249 g/mol. The topological polar surface area (TPSA) is 24.9 Å². The highest BCUT2D eigenvalue weighted by atomic mass is 35.5. The lowest BCUT2D eigenvalue weighted by atomic mass is 9.88. The minimum atomic E-state index is 0.533. The number of pyridine rings is 1. The molecule has 1 saturated heterocycles. The van der Waals surface area contributed by atoms with Crippen LogP contribution in [0.25, 0.3) is 5.57 Å². The van der Waals surface area contributed by atoms with Crippen molar-refractivity contribution in [2.45, 2.75) is 32.2 Å². The Kier molecular flexibility index (Phi) is 2.93. The van der Waals surface area contributed by atoms with Crippen LogP contribution in [0.5, 0.6) is 0 Å². The highest BCUT2D eigenvalue weighted by molar-refractivity contribution is 6.30. The van der Waals surface area contributed by atoms with E-state index in [2.05, 4.69) is 22.4 Å². The molecule has 0 saturated carbocycles. The summed E-state index contributed by atoms with van der Waals surface area (Å²) in [5.74, 6) is 0.787. The second kappa shape index (κ2) is 4.43. The lowest BCUT2D eigenvalue weighted by Crippen LogP contribution is -2.39. The molecule has 0 amide bonds. The minimum Gasteiger partial charge on any atom is -0.310 e.